The van der Waals surface area contributed by atoms with Gasteiger partial charge in [0.1, 0.15) is 0 Å². The summed E-state index contributed by atoms with van der Waals surface area (Å²) in [5.41, 5.74) is 3.13. The van der Waals surface area contributed by atoms with Crippen LogP contribution in [0.25, 0.3) is 10.9 Å². The maximum atomic E-state index is 10.7. The van der Waals surface area contributed by atoms with Crippen molar-refractivity contribution in [2.45, 2.75) is 19.8 Å². The van der Waals surface area contributed by atoms with Gasteiger partial charge in [0.2, 0.25) is 0 Å². The van der Waals surface area contributed by atoms with E-state index < -0.39 is 5.97 Å². The Balaban J connectivity index is 2.59. The van der Waals surface area contributed by atoms with E-state index in [1.807, 2.05) is 36.7 Å². The van der Waals surface area contributed by atoms with Crippen LogP contribution in [0.2, 0.25) is 5.02 Å². The normalized spacial score (nSPS) is 11.0. The van der Waals surface area contributed by atoms with Gasteiger partial charge in [-0.05, 0) is 25.0 Å². The van der Waals surface area contributed by atoms with Gasteiger partial charge in [0.05, 0.1) is 10.5 Å². The van der Waals surface area contributed by atoms with Gasteiger partial charge in [-0.25, -0.2) is 0 Å². The molecule has 17 heavy (non-hydrogen) atoms. The summed E-state index contributed by atoms with van der Waals surface area (Å²) in [4.78, 5) is 10.7. The highest BCUT2D eigenvalue weighted by Gasteiger charge is 2.14. The number of fused-ring (bicyclic) bond motifs is 1. The Labute approximate surface area is 105 Å². The molecule has 0 saturated heterocycles. The van der Waals surface area contributed by atoms with Crippen LogP contribution in [0.15, 0.2) is 18.2 Å². The van der Waals surface area contributed by atoms with Crippen LogP contribution >= 0.6 is 11.6 Å². The van der Waals surface area contributed by atoms with Crippen molar-refractivity contribution in [1.29, 1.82) is 0 Å². The number of hydrogen-bond acceptors (Lipinski definition) is 1. The molecule has 1 heterocycles. The smallest absolute Gasteiger partial charge is 0.303 e. The van der Waals surface area contributed by atoms with Crippen LogP contribution in [-0.2, 0) is 18.3 Å². The predicted octanol–water partition coefficient (Wildman–Crippen LogP) is 3.16. The molecule has 0 radical (unpaired) electrons. The number of nitrogens with zero attached hydrogens (tertiary/aromatic N) is 1. The Bertz CT molecular complexity index is 587. The molecule has 1 aromatic carbocycles. The van der Waals surface area contributed by atoms with E-state index in [1.54, 1.807) is 0 Å². The van der Waals surface area contributed by atoms with E-state index in [-0.39, 0.29) is 6.42 Å². The van der Waals surface area contributed by atoms with E-state index in [9.17, 15) is 4.79 Å². The molecule has 0 spiro atoms. The molecule has 0 aliphatic rings. The Morgan fingerprint density at radius 3 is 2.82 bits per heavy atom. The summed E-state index contributed by atoms with van der Waals surface area (Å²) < 4.78 is 2.02. The molecule has 0 amide bonds. The molecule has 2 aromatic rings. The standard InChI is InChI=1S/C13H14ClNO2/c1-8-9(6-7-12(16)17)10-4-3-5-11(14)13(10)15(8)2/h3-5H,6-7H2,1-2H3,(H,16,17). The molecule has 0 aliphatic heterocycles. The summed E-state index contributed by atoms with van der Waals surface area (Å²) in [5.74, 6) is -0.775. The van der Waals surface area contributed by atoms with Gasteiger partial charge < -0.3 is 9.67 Å². The minimum Gasteiger partial charge on any atom is -0.481 e. The SMILES string of the molecule is Cc1c(CCC(=O)O)c2cccc(Cl)c2n1C. The molecule has 4 heteroatoms. The maximum Gasteiger partial charge on any atom is 0.303 e. The Kier molecular flexibility index (Phi) is 3.11. The Hall–Kier alpha value is -1.48. The highest BCUT2D eigenvalue weighted by molar-refractivity contribution is 6.35. The topological polar surface area (TPSA) is 42.2 Å². The first kappa shape index (κ1) is 12.0. The van der Waals surface area contributed by atoms with Crippen LogP contribution in [0.3, 0.4) is 0 Å². The third-order valence-corrected chi connectivity index (χ3v) is 3.48. The lowest BCUT2D eigenvalue weighted by Crippen LogP contribution is -1.99. The van der Waals surface area contributed by atoms with Gasteiger partial charge in [0, 0.05) is 24.5 Å². The van der Waals surface area contributed by atoms with Crippen molar-refractivity contribution in [2.24, 2.45) is 7.05 Å². The molecule has 0 fully saturated rings. The van der Waals surface area contributed by atoms with Crippen LogP contribution in [-0.4, -0.2) is 15.6 Å². The molecule has 2 rings (SSSR count). The highest BCUT2D eigenvalue weighted by atomic mass is 35.5. The molecule has 90 valence electrons. The quantitative estimate of drug-likeness (QED) is 0.911. The number of aryl methyl sites for hydroxylation is 2. The lowest BCUT2D eigenvalue weighted by molar-refractivity contribution is -0.136. The number of hydrogen-bond donors (Lipinski definition) is 1. The van der Waals surface area contributed by atoms with Gasteiger partial charge in [-0.15, -0.1) is 0 Å². The summed E-state index contributed by atoms with van der Waals surface area (Å²) in [6, 6.07) is 5.74. The van der Waals surface area contributed by atoms with Gasteiger partial charge in [-0.1, -0.05) is 23.7 Å². The van der Waals surface area contributed by atoms with E-state index in [0.717, 1.165) is 22.2 Å². The van der Waals surface area contributed by atoms with Crippen molar-refractivity contribution < 1.29 is 9.90 Å². The fourth-order valence-electron chi connectivity index (χ4n) is 2.21. The molecule has 0 atom stereocenters. The molecule has 0 bridgehead atoms. The number of halogens is 1. The van der Waals surface area contributed by atoms with Crippen molar-refractivity contribution in [3.63, 3.8) is 0 Å². The van der Waals surface area contributed by atoms with Crippen LogP contribution < -0.4 is 0 Å². The third kappa shape index (κ3) is 2.03. The number of aliphatic carboxylic acids is 1. The second-order valence-corrected chi connectivity index (χ2v) is 4.56. The number of carboxylic acids is 1. The van der Waals surface area contributed by atoms with Gasteiger partial charge >= 0.3 is 5.97 Å². The zero-order valence-corrected chi connectivity index (χ0v) is 10.6. The first-order chi connectivity index (χ1) is 8.02. The molecule has 0 unspecified atom stereocenters. The van der Waals surface area contributed by atoms with E-state index >= 15 is 0 Å². The largest absolute Gasteiger partial charge is 0.481 e. The Morgan fingerprint density at radius 2 is 2.18 bits per heavy atom. The van der Waals surface area contributed by atoms with Gasteiger partial charge in [0.15, 0.2) is 0 Å². The zero-order valence-electron chi connectivity index (χ0n) is 9.83. The average molecular weight is 252 g/mol. The monoisotopic (exact) mass is 251 g/mol. The lowest BCUT2D eigenvalue weighted by atomic mass is 10.1. The van der Waals surface area contributed by atoms with Crippen LogP contribution in [0, 0.1) is 6.92 Å². The molecule has 0 saturated carbocycles. The van der Waals surface area contributed by atoms with Crippen LogP contribution in [0.1, 0.15) is 17.7 Å². The lowest BCUT2D eigenvalue weighted by Gasteiger charge is -2.00. The van der Waals surface area contributed by atoms with E-state index in [2.05, 4.69) is 0 Å². The van der Waals surface area contributed by atoms with Gasteiger partial charge in [0.25, 0.3) is 0 Å². The second-order valence-electron chi connectivity index (χ2n) is 4.15. The van der Waals surface area contributed by atoms with Gasteiger partial charge in [-0.2, -0.15) is 0 Å². The van der Waals surface area contributed by atoms with Crippen molar-refractivity contribution in [1.82, 2.24) is 4.57 Å². The molecular weight excluding hydrogens is 238 g/mol. The van der Waals surface area contributed by atoms with E-state index in [0.29, 0.717) is 11.4 Å². The average Bonchev–Trinajstić information content (AvgIpc) is 2.51. The zero-order chi connectivity index (χ0) is 12.6. The molecule has 0 aliphatic carbocycles. The van der Waals surface area contributed by atoms with Crippen molar-refractivity contribution in [2.75, 3.05) is 0 Å². The number of rotatable bonds is 3. The summed E-state index contributed by atoms with van der Waals surface area (Å²) in [6.45, 7) is 1.99. The van der Waals surface area contributed by atoms with Crippen molar-refractivity contribution in [3.8, 4) is 0 Å². The minimum atomic E-state index is -0.775. The van der Waals surface area contributed by atoms with Crippen LogP contribution in [0.4, 0.5) is 0 Å². The maximum absolute atomic E-state index is 10.7. The van der Waals surface area contributed by atoms with E-state index in [4.69, 9.17) is 16.7 Å². The number of aromatic nitrogens is 1. The summed E-state index contributed by atoms with van der Waals surface area (Å²) in [7, 11) is 1.95. The first-order valence-corrected chi connectivity index (χ1v) is 5.84. The minimum absolute atomic E-state index is 0.145. The van der Waals surface area contributed by atoms with Gasteiger partial charge in [-0.3, -0.25) is 4.79 Å². The predicted molar refractivity (Wildman–Crippen MR) is 68.6 cm³/mol. The number of benzene rings is 1. The van der Waals surface area contributed by atoms with Crippen LogP contribution in [0.5, 0.6) is 0 Å². The third-order valence-electron chi connectivity index (χ3n) is 3.18. The van der Waals surface area contributed by atoms with Crippen molar-refractivity contribution in [3.05, 3.63) is 34.5 Å². The number of carbonyl (C=O) groups is 1. The fourth-order valence-corrected chi connectivity index (χ4v) is 2.51. The first-order valence-electron chi connectivity index (χ1n) is 5.46. The molecular formula is C13H14ClNO2. The van der Waals surface area contributed by atoms with E-state index in [1.165, 1.54) is 0 Å². The fraction of sp³-hybridized carbons (Fsp3) is 0.308. The van der Waals surface area contributed by atoms with Crippen molar-refractivity contribution >= 4 is 28.5 Å². The molecule has 1 aromatic heterocycles. The Morgan fingerprint density at radius 1 is 1.47 bits per heavy atom. The molecule has 3 nitrogen and oxygen atoms in total. The summed E-state index contributed by atoms with van der Waals surface area (Å²) in [6.07, 6.45) is 0.686. The number of para-hydroxylation sites is 1. The highest BCUT2D eigenvalue weighted by Crippen LogP contribution is 2.30. The second kappa shape index (κ2) is 4.41. The summed E-state index contributed by atoms with van der Waals surface area (Å²) >= 11 is 6.17. The summed E-state index contributed by atoms with van der Waals surface area (Å²) in [5, 5.41) is 10.5. The molecule has 1 N–H and O–H groups in total. The number of carboxylic acid groups (broad SMARTS) is 1.